The molecule has 0 radical (unpaired) electrons. The normalized spacial score (nSPS) is 19.5. The Morgan fingerprint density at radius 3 is 2.73 bits per heavy atom. The van der Waals surface area contributed by atoms with Gasteiger partial charge in [-0.2, -0.15) is 8.78 Å². The van der Waals surface area contributed by atoms with Gasteiger partial charge in [-0.1, -0.05) is 12.1 Å². The van der Waals surface area contributed by atoms with Crippen LogP contribution in [0.3, 0.4) is 0 Å². The van der Waals surface area contributed by atoms with Crippen molar-refractivity contribution in [3.63, 3.8) is 0 Å². The quantitative estimate of drug-likeness (QED) is 0.921. The standard InChI is InChI=1S/C15H20F2N2O2.ClH/c1-10(18)11-5-4-8-19(9-11)14(20)12-6-2-3-7-13(12)21-15(16)17;/h2-3,6-7,10-11,15H,4-5,8-9,18H2,1H3;1H. The fourth-order valence-electron chi connectivity index (χ4n) is 2.64. The molecule has 2 N–H and O–H groups in total. The molecule has 1 aromatic carbocycles. The summed E-state index contributed by atoms with van der Waals surface area (Å²) in [5, 5.41) is 0. The van der Waals surface area contributed by atoms with Gasteiger partial charge in [0.15, 0.2) is 0 Å². The van der Waals surface area contributed by atoms with E-state index in [1.54, 1.807) is 17.0 Å². The summed E-state index contributed by atoms with van der Waals surface area (Å²) in [5.41, 5.74) is 6.07. The van der Waals surface area contributed by atoms with Crippen LogP contribution in [-0.2, 0) is 0 Å². The summed E-state index contributed by atoms with van der Waals surface area (Å²) in [5.74, 6) is -0.122. The van der Waals surface area contributed by atoms with E-state index in [-0.39, 0.29) is 41.6 Å². The number of amides is 1. The Morgan fingerprint density at radius 2 is 2.09 bits per heavy atom. The molecule has 2 atom stereocenters. The zero-order chi connectivity index (χ0) is 15.4. The van der Waals surface area contributed by atoms with Gasteiger partial charge in [-0.15, -0.1) is 12.4 Å². The molecule has 1 aliphatic rings. The fraction of sp³-hybridized carbons (Fsp3) is 0.533. The number of hydrogen-bond acceptors (Lipinski definition) is 3. The van der Waals surface area contributed by atoms with Gasteiger partial charge in [-0.25, -0.2) is 0 Å². The lowest BCUT2D eigenvalue weighted by Gasteiger charge is -2.34. The third-order valence-electron chi connectivity index (χ3n) is 3.82. The molecule has 1 fully saturated rings. The van der Waals surface area contributed by atoms with Gasteiger partial charge >= 0.3 is 6.61 Å². The topological polar surface area (TPSA) is 55.6 Å². The highest BCUT2D eigenvalue weighted by Crippen LogP contribution is 2.25. The van der Waals surface area contributed by atoms with Gasteiger partial charge in [0.2, 0.25) is 0 Å². The Kier molecular flexibility index (Phi) is 7.03. The van der Waals surface area contributed by atoms with Crippen LogP contribution < -0.4 is 10.5 Å². The monoisotopic (exact) mass is 334 g/mol. The molecule has 1 aromatic rings. The van der Waals surface area contributed by atoms with E-state index in [1.165, 1.54) is 12.1 Å². The summed E-state index contributed by atoms with van der Waals surface area (Å²) >= 11 is 0. The third kappa shape index (κ3) is 4.55. The van der Waals surface area contributed by atoms with Crippen molar-refractivity contribution in [2.45, 2.75) is 32.4 Å². The first-order chi connectivity index (χ1) is 9.99. The van der Waals surface area contributed by atoms with Gasteiger partial charge in [0.1, 0.15) is 5.75 Å². The van der Waals surface area contributed by atoms with Gasteiger partial charge in [-0.3, -0.25) is 4.79 Å². The molecular weight excluding hydrogens is 314 g/mol. The minimum Gasteiger partial charge on any atom is -0.434 e. The number of nitrogens with zero attached hydrogens (tertiary/aromatic N) is 1. The highest BCUT2D eigenvalue weighted by atomic mass is 35.5. The van der Waals surface area contributed by atoms with Crippen LogP contribution in [0.2, 0.25) is 0 Å². The van der Waals surface area contributed by atoms with Crippen molar-refractivity contribution in [1.82, 2.24) is 4.90 Å². The molecule has 4 nitrogen and oxygen atoms in total. The van der Waals surface area contributed by atoms with E-state index in [9.17, 15) is 13.6 Å². The predicted octanol–water partition coefficient (Wildman–Crippen LogP) is 2.91. The Balaban J connectivity index is 0.00000242. The van der Waals surface area contributed by atoms with E-state index in [4.69, 9.17) is 5.73 Å². The van der Waals surface area contributed by atoms with Crippen LogP contribution in [0.25, 0.3) is 0 Å². The maximum atomic E-state index is 12.5. The summed E-state index contributed by atoms with van der Waals surface area (Å²) in [6.07, 6.45) is 1.85. The highest BCUT2D eigenvalue weighted by molar-refractivity contribution is 5.97. The van der Waals surface area contributed by atoms with E-state index in [0.29, 0.717) is 13.1 Å². The van der Waals surface area contributed by atoms with Crippen LogP contribution in [-0.4, -0.2) is 36.5 Å². The number of hydrogen-bond donors (Lipinski definition) is 1. The summed E-state index contributed by atoms with van der Waals surface area (Å²) in [6, 6.07) is 6.10. The number of carbonyl (C=O) groups is 1. The molecule has 1 aliphatic heterocycles. The van der Waals surface area contributed by atoms with Crippen LogP contribution >= 0.6 is 12.4 Å². The number of para-hydroxylation sites is 1. The predicted molar refractivity (Wildman–Crippen MR) is 82.6 cm³/mol. The Labute approximate surface area is 135 Å². The molecule has 0 bridgehead atoms. The summed E-state index contributed by atoms with van der Waals surface area (Å²) in [4.78, 5) is 14.2. The number of ether oxygens (including phenoxy) is 1. The fourth-order valence-corrected chi connectivity index (χ4v) is 2.64. The first-order valence-corrected chi connectivity index (χ1v) is 7.07. The zero-order valence-corrected chi connectivity index (χ0v) is 13.2. The number of piperidine rings is 1. The van der Waals surface area contributed by atoms with Crippen molar-refractivity contribution in [3.8, 4) is 5.75 Å². The SMILES string of the molecule is CC(N)C1CCCN(C(=O)c2ccccc2OC(F)F)C1.Cl. The second-order valence-electron chi connectivity index (χ2n) is 5.39. The Hall–Kier alpha value is -1.40. The molecule has 2 unspecified atom stereocenters. The van der Waals surface area contributed by atoms with Crippen LogP contribution in [0.5, 0.6) is 5.75 Å². The maximum Gasteiger partial charge on any atom is 0.387 e. The average molecular weight is 335 g/mol. The summed E-state index contributed by atoms with van der Waals surface area (Å²) in [6.45, 7) is 0.147. The largest absolute Gasteiger partial charge is 0.434 e. The molecule has 22 heavy (non-hydrogen) atoms. The van der Waals surface area contributed by atoms with E-state index in [0.717, 1.165) is 12.8 Å². The molecule has 1 heterocycles. The number of benzene rings is 1. The molecule has 7 heteroatoms. The number of rotatable bonds is 4. The van der Waals surface area contributed by atoms with Crippen LogP contribution in [0.4, 0.5) is 8.78 Å². The molecule has 0 spiro atoms. The van der Waals surface area contributed by atoms with E-state index >= 15 is 0 Å². The minimum absolute atomic E-state index is 0. The van der Waals surface area contributed by atoms with Crippen LogP contribution in [0.15, 0.2) is 24.3 Å². The highest BCUT2D eigenvalue weighted by Gasteiger charge is 2.28. The molecule has 0 aromatic heterocycles. The summed E-state index contributed by atoms with van der Waals surface area (Å²) < 4.78 is 29.2. The molecule has 124 valence electrons. The molecule has 1 amide bonds. The molecule has 0 aliphatic carbocycles. The van der Waals surface area contributed by atoms with E-state index in [2.05, 4.69) is 4.74 Å². The smallest absolute Gasteiger partial charge is 0.387 e. The van der Waals surface area contributed by atoms with Gasteiger partial charge < -0.3 is 15.4 Å². The summed E-state index contributed by atoms with van der Waals surface area (Å²) in [7, 11) is 0. The first kappa shape index (κ1) is 18.6. The average Bonchev–Trinajstić information content (AvgIpc) is 2.46. The van der Waals surface area contributed by atoms with Gasteiger partial charge in [-0.05, 0) is 37.8 Å². The minimum atomic E-state index is -2.95. The van der Waals surface area contributed by atoms with E-state index in [1.807, 2.05) is 6.92 Å². The van der Waals surface area contributed by atoms with Crippen molar-refractivity contribution >= 4 is 18.3 Å². The number of alkyl halides is 2. The zero-order valence-electron chi connectivity index (χ0n) is 12.4. The lowest BCUT2D eigenvalue weighted by molar-refractivity contribution is -0.0503. The van der Waals surface area contributed by atoms with Gasteiger partial charge in [0, 0.05) is 19.1 Å². The van der Waals surface area contributed by atoms with Crippen molar-refractivity contribution in [3.05, 3.63) is 29.8 Å². The second-order valence-corrected chi connectivity index (χ2v) is 5.39. The molecule has 0 saturated carbocycles. The number of carbonyl (C=O) groups excluding carboxylic acids is 1. The van der Waals surface area contributed by atoms with Crippen molar-refractivity contribution in [1.29, 1.82) is 0 Å². The molecule has 2 rings (SSSR count). The van der Waals surface area contributed by atoms with Gasteiger partial charge in [0.05, 0.1) is 5.56 Å². The van der Waals surface area contributed by atoms with Crippen LogP contribution in [0, 0.1) is 5.92 Å². The van der Waals surface area contributed by atoms with Gasteiger partial charge in [0.25, 0.3) is 5.91 Å². The lowest BCUT2D eigenvalue weighted by Crippen LogP contribution is -2.45. The van der Waals surface area contributed by atoms with Crippen molar-refractivity contribution in [2.24, 2.45) is 11.7 Å². The number of halogens is 3. The molecular formula is C15H21ClF2N2O2. The second kappa shape index (κ2) is 8.29. The Morgan fingerprint density at radius 1 is 1.41 bits per heavy atom. The third-order valence-corrected chi connectivity index (χ3v) is 3.82. The van der Waals surface area contributed by atoms with Crippen LogP contribution in [0.1, 0.15) is 30.1 Å². The first-order valence-electron chi connectivity index (χ1n) is 7.07. The number of likely N-dealkylation sites (tertiary alicyclic amines) is 1. The Bertz CT molecular complexity index is 500. The maximum absolute atomic E-state index is 12.5. The van der Waals surface area contributed by atoms with Crippen molar-refractivity contribution in [2.75, 3.05) is 13.1 Å². The lowest BCUT2D eigenvalue weighted by atomic mass is 9.92. The molecule has 1 saturated heterocycles. The van der Waals surface area contributed by atoms with E-state index < -0.39 is 6.61 Å². The van der Waals surface area contributed by atoms with Crippen molar-refractivity contribution < 1.29 is 18.3 Å². The number of nitrogens with two attached hydrogens (primary N) is 1.